The van der Waals surface area contributed by atoms with Crippen molar-refractivity contribution in [3.63, 3.8) is 0 Å². The van der Waals surface area contributed by atoms with E-state index in [4.69, 9.17) is 0 Å². The van der Waals surface area contributed by atoms with Crippen LogP contribution in [0.25, 0.3) is 0 Å². The van der Waals surface area contributed by atoms with Crippen molar-refractivity contribution in [1.29, 1.82) is 0 Å². The van der Waals surface area contributed by atoms with Gasteiger partial charge < -0.3 is 0 Å². The van der Waals surface area contributed by atoms with Crippen molar-refractivity contribution in [1.82, 2.24) is 0 Å². The zero-order valence-corrected chi connectivity index (χ0v) is 29.2. The fourth-order valence-corrected chi connectivity index (χ4v) is 11.3. The molecule has 0 aliphatic heterocycles. The first kappa shape index (κ1) is 36.7. The molecule has 243 valence electrons. The number of rotatable bonds is 18. The summed E-state index contributed by atoms with van der Waals surface area (Å²) in [5.74, 6) is 0. The van der Waals surface area contributed by atoms with E-state index in [1.807, 2.05) is 6.07 Å². The molecule has 3 nitrogen and oxygen atoms in total. The molecule has 0 fully saturated rings. The standard InChI is InChI=1S/C22H24P.C18H30O3S/c1-2-3-19-23(20-13-7-4-8-14-20,21-15-9-5-10-16-21)22-17-11-6-12-18-22;1-2-3-4-5-6-7-8-9-10-11-14-17-15-12-13-16-18(17)22(19,20)21/h4-18H,2-3,19H2,1H3;12-13,15-16H,2-11,14H2,1H3,(H,19,20,21). The Labute approximate surface area is 274 Å². The molecule has 0 heterocycles. The number of hydrogen-bond acceptors (Lipinski definition) is 2. The highest BCUT2D eigenvalue weighted by Gasteiger charge is 2.32. The zero-order valence-electron chi connectivity index (χ0n) is 27.5. The molecule has 4 rings (SSSR count). The molecule has 0 spiro atoms. The molecule has 0 saturated carbocycles. The summed E-state index contributed by atoms with van der Waals surface area (Å²) in [6.45, 7) is 4.52. The molecule has 0 aromatic heterocycles. The second-order valence-electron chi connectivity index (χ2n) is 11.9. The Kier molecular flexibility index (Phi) is 16.6. The Morgan fingerprint density at radius 1 is 0.489 bits per heavy atom. The van der Waals surface area contributed by atoms with Gasteiger partial charge in [0.25, 0.3) is 10.1 Å². The predicted octanol–water partition coefficient (Wildman–Crippen LogP) is 10.2. The molecule has 4 aromatic carbocycles. The van der Waals surface area contributed by atoms with Crippen molar-refractivity contribution in [3.05, 3.63) is 121 Å². The molecule has 1 N–H and O–H groups in total. The maximum Gasteiger partial charge on any atom is 0.294 e. The smallest absolute Gasteiger partial charge is 0.282 e. The highest BCUT2D eigenvalue weighted by Crippen LogP contribution is 2.55. The summed E-state index contributed by atoms with van der Waals surface area (Å²) in [7, 11) is -5.67. The van der Waals surface area contributed by atoms with Gasteiger partial charge in [-0.3, -0.25) is 4.55 Å². The molecule has 0 unspecified atom stereocenters. The molecule has 1 radical (unpaired) electrons. The lowest BCUT2D eigenvalue weighted by molar-refractivity contribution is 0.481. The highest BCUT2D eigenvalue weighted by atomic mass is 32.2. The van der Waals surface area contributed by atoms with Gasteiger partial charge in [-0.2, -0.15) is 8.42 Å². The van der Waals surface area contributed by atoms with Gasteiger partial charge in [-0.1, -0.05) is 187 Å². The van der Waals surface area contributed by atoms with Crippen molar-refractivity contribution >= 4 is 33.3 Å². The average molecular weight is 646 g/mol. The number of hydrogen-bond donors (Lipinski definition) is 1. The summed E-state index contributed by atoms with van der Waals surface area (Å²) in [4.78, 5) is 0.0610. The van der Waals surface area contributed by atoms with E-state index in [9.17, 15) is 13.0 Å². The largest absolute Gasteiger partial charge is 0.294 e. The summed E-state index contributed by atoms with van der Waals surface area (Å²) in [6, 6.07) is 40.1. The van der Waals surface area contributed by atoms with Crippen LogP contribution < -0.4 is 15.9 Å². The second kappa shape index (κ2) is 20.4. The molecule has 0 atom stereocenters. The fraction of sp³-hybridized carbons (Fsp3) is 0.400. The van der Waals surface area contributed by atoms with E-state index in [1.165, 1.54) is 92.4 Å². The molecule has 0 aliphatic carbocycles. The van der Waals surface area contributed by atoms with Gasteiger partial charge in [-0.05, 0) is 60.2 Å². The van der Waals surface area contributed by atoms with E-state index in [-0.39, 0.29) is 4.90 Å². The van der Waals surface area contributed by atoms with Gasteiger partial charge in [0.05, 0.1) is 4.90 Å². The van der Waals surface area contributed by atoms with Crippen molar-refractivity contribution in [2.24, 2.45) is 0 Å². The van der Waals surface area contributed by atoms with Gasteiger partial charge in [0, 0.05) is 0 Å². The van der Waals surface area contributed by atoms with Crippen LogP contribution in [0.5, 0.6) is 0 Å². The van der Waals surface area contributed by atoms with E-state index in [0.717, 1.165) is 18.4 Å². The summed E-state index contributed by atoms with van der Waals surface area (Å²) < 4.78 is 31.8. The predicted molar refractivity (Wildman–Crippen MR) is 197 cm³/mol. The molecular formula is C40H54O3PS. The Balaban J connectivity index is 0.000000246. The molecule has 0 aliphatic rings. The lowest BCUT2D eigenvalue weighted by atomic mass is 10.0. The number of aryl methyl sites for hydroxylation is 1. The molecule has 5 heteroatoms. The van der Waals surface area contributed by atoms with E-state index in [1.54, 1.807) is 12.1 Å². The lowest BCUT2D eigenvalue weighted by Crippen LogP contribution is -2.33. The molecule has 0 saturated heterocycles. The maximum atomic E-state index is 11.3. The topological polar surface area (TPSA) is 54.4 Å². The molecule has 45 heavy (non-hydrogen) atoms. The van der Waals surface area contributed by atoms with Gasteiger partial charge in [-0.15, -0.1) is 0 Å². The van der Waals surface area contributed by atoms with Crippen LogP contribution in [-0.2, 0) is 16.5 Å². The molecular weight excluding hydrogens is 591 g/mol. The molecule has 0 bridgehead atoms. The lowest BCUT2D eigenvalue weighted by Gasteiger charge is -2.38. The minimum Gasteiger partial charge on any atom is -0.282 e. The highest BCUT2D eigenvalue weighted by molar-refractivity contribution is 7.95. The van der Waals surface area contributed by atoms with Crippen LogP contribution in [-0.4, -0.2) is 19.1 Å². The third-order valence-corrected chi connectivity index (χ3v) is 14.0. The van der Waals surface area contributed by atoms with E-state index >= 15 is 0 Å². The zero-order chi connectivity index (χ0) is 32.2. The average Bonchev–Trinajstić information content (AvgIpc) is 3.07. The van der Waals surface area contributed by atoms with Crippen molar-refractivity contribution < 1.29 is 13.0 Å². The maximum absolute atomic E-state index is 11.3. The van der Waals surface area contributed by atoms with Crippen LogP contribution in [0, 0.1) is 0 Å². The first-order valence-corrected chi connectivity index (χ1v) is 20.4. The second-order valence-corrected chi connectivity index (χ2v) is 16.9. The third kappa shape index (κ3) is 11.8. The first-order valence-electron chi connectivity index (χ1n) is 17.0. The molecule has 4 aromatic rings. The van der Waals surface area contributed by atoms with Crippen LogP contribution in [0.3, 0.4) is 0 Å². The van der Waals surface area contributed by atoms with Crippen LogP contribution in [0.15, 0.2) is 120 Å². The van der Waals surface area contributed by atoms with E-state index in [0.29, 0.717) is 6.42 Å². The monoisotopic (exact) mass is 645 g/mol. The van der Waals surface area contributed by atoms with Crippen molar-refractivity contribution in [2.45, 2.75) is 102 Å². The minimum absolute atomic E-state index is 0.0610. The first-order chi connectivity index (χ1) is 21.9. The number of unbranched alkanes of at least 4 members (excludes halogenated alkanes) is 10. The summed E-state index contributed by atoms with van der Waals surface area (Å²) in [6.07, 6.45) is 17.0. The Morgan fingerprint density at radius 3 is 1.29 bits per heavy atom. The van der Waals surface area contributed by atoms with Crippen LogP contribution in [0.4, 0.5) is 0 Å². The van der Waals surface area contributed by atoms with Gasteiger partial charge in [-0.25, -0.2) is 0 Å². The fourth-order valence-electron chi connectivity index (χ4n) is 6.04. The van der Waals surface area contributed by atoms with Crippen LogP contribution in [0.1, 0.15) is 96.5 Å². The van der Waals surface area contributed by atoms with Crippen molar-refractivity contribution in [2.75, 3.05) is 6.16 Å². The van der Waals surface area contributed by atoms with Gasteiger partial charge in [0.15, 0.2) is 0 Å². The van der Waals surface area contributed by atoms with Crippen molar-refractivity contribution in [3.8, 4) is 0 Å². The normalized spacial score (nSPS) is 11.5. The van der Waals surface area contributed by atoms with Crippen LogP contribution in [0.2, 0.25) is 0 Å². The summed E-state index contributed by atoms with van der Waals surface area (Å²) in [5, 5.41) is 4.47. The van der Waals surface area contributed by atoms with Gasteiger partial charge in [0.1, 0.15) is 0 Å². The molecule has 0 amide bonds. The Morgan fingerprint density at radius 2 is 0.867 bits per heavy atom. The Hall–Kier alpha value is -2.78. The van der Waals surface area contributed by atoms with Gasteiger partial charge in [0.2, 0.25) is 0 Å². The SMILES string of the molecule is CCCCCCCCCCCCc1ccccc1S(=O)(=O)O.CCCC[P](c1ccccc1)(c1ccccc1)c1ccccc1. The Bertz CT molecular complexity index is 1340. The quantitative estimate of drug-likeness (QED) is 0.0666. The number of benzene rings is 4. The van der Waals surface area contributed by atoms with Crippen LogP contribution >= 0.6 is 7.26 Å². The summed E-state index contributed by atoms with van der Waals surface area (Å²) in [5.41, 5.74) is 0.726. The third-order valence-electron chi connectivity index (χ3n) is 8.49. The van der Waals surface area contributed by atoms with E-state index in [2.05, 4.69) is 105 Å². The minimum atomic E-state index is -4.10. The van der Waals surface area contributed by atoms with E-state index < -0.39 is 17.4 Å². The van der Waals surface area contributed by atoms with Gasteiger partial charge >= 0.3 is 0 Å². The summed E-state index contributed by atoms with van der Waals surface area (Å²) >= 11 is 0.